The van der Waals surface area contributed by atoms with E-state index in [1.165, 1.54) is 16.4 Å². The van der Waals surface area contributed by atoms with E-state index in [1.807, 2.05) is 23.1 Å². The van der Waals surface area contributed by atoms with Crippen molar-refractivity contribution in [1.29, 1.82) is 0 Å². The third-order valence-electron chi connectivity index (χ3n) is 4.63. The van der Waals surface area contributed by atoms with Gasteiger partial charge in [-0.1, -0.05) is 48.4 Å². The minimum absolute atomic E-state index is 0.0194. The van der Waals surface area contributed by atoms with Crippen molar-refractivity contribution in [3.8, 4) is 0 Å². The molecule has 1 saturated carbocycles. The number of amides is 1. The average molecular weight is 342 g/mol. The number of aromatic carboxylic acids is 1. The van der Waals surface area contributed by atoms with E-state index in [2.05, 4.69) is 22.4 Å². The van der Waals surface area contributed by atoms with Crippen molar-refractivity contribution < 1.29 is 14.7 Å². The van der Waals surface area contributed by atoms with Crippen molar-refractivity contribution in [2.24, 2.45) is 0 Å². The Hall–Kier alpha value is -2.70. The van der Waals surface area contributed by atoms with E-state index in [9.17, 15) is 9.59 Å². The Bertz CT molecular complexity index is 723. The monoisotopic (exact) mass is 342 g/mol. The molecule has 0 aliphatic heterocycles. The normalized spacial score (nSPS) is 14.6. The largest absolute Gasteiger partial charge is 0.476 e. The summed E-state index contributed by atoms with van der Waals surface area (Å²) in [5, 5.41) is 16.2. The Morgan fingerprint density at radius 2 is 1.92 bits per heavy atom. The van der Waals surface area contributed by atoms with Crippen LogP contribution >= 0.6 is 0 Å². The molecule has 0 spiro atoms. The SMILES string of the molecule is O=C(O)c1cn(CC(=O)N(CCc2ccccc2)C2CCCC2)nn1. The van der Waals surface area contributed by atoms with Crippen LogP contribution in [0.15, 0.2) is 36.5 Å². The summed E-state index contributed by atoms with van der Waals surface area (Å²) in [7, 11) is 0. The van der Waals surface area contributed by atoms with Crippen LogP contribution < -0.4 is 0 Å². The summed E-state index contributed by atoms with van der Waals surface area (Å²) in [5.41, 5.74) is 1.05. The highest BCUT2D eigenvalue weighted by atomic mass is 16.4. The Morgan fingerprint density at radius 1 is 1.20 bits per heavy atom. The lowest BCUT2D eigenvalue weighted by molar-refractivity contribution is -0.134. The number of rotatable bonds is 7. The van der Waals surface area contributed by atoms with Gasteiger partial charge in [0.1, 0.15) is 6.54 Å². The van der Waals surface area contributed by atoms with Crippen LogP contribution in [0.4, 0.5) is 0 Å². The van der Waals surface area contributed by atoms with E-state index in [4.69, 9.17) is 5.11 Å². The number of carbonyl (C=O) groups excluding carboxylic acids is 1. The lowest BCUT2D eigenvalue weighted by Crippen LogP contribution is -2.42. The van der Waals surface area contributed by atoms with Gasteiger partial charge in [0.2, 0.25) is 5.91 Å². The third kappa shape index (κ3) is 4.43. The zero-order valence-electron chi connectivity index (χ0n) is 14.0. The van der Waals surface area contributed by atoms with Crippen LogP contribution in [0.3, 0.4) is 0 Å². The molecule has 1 aliphatic carbocycles. The van der Waals surface area contributed by atoms with E-state index in [-0.39, 0.29) is 24.2 Å². The minimum Gasteiger partial charge on any atom is -0.476 e. The van der Waals surface area contributed by atoms with E-state index < -0.39 is 5.97 Å². The summed E-state index contributed by atoms with van der Waals surface area (Å²) in [6.45, 7) is 0.680. The van der Waals surface area contributed by atoms with Crippen molar-refractivity contribution in [1.82, 2.24) is 19.9 Å². The first-order valence-corrected chi connectivity index (χ1v) is 8.60. The third-order valence-corrected chi connectivity index (χ3v) is 4.63. The molecule has 1 aromatic carbocycles. The molecule has 0 unspecified atom stereocenters. The topological polar surface area (TPSA) is 88.3 Å². The van der Waals surface area contributed by atoms with Gasteiger partial charge in [-0.15, -0.1) is 5.10 Å². The molecule has 25 heavy (non-hydrogen) atoms. The van der Waals surface area contributed by atoms with Crippen LogP contribution in [0.1, 0.15) is 41.7 Å². The Balaban J connectivity index is 1.66. The predicted molar refractivity (Wildman–Crippen MR) is 91.1 cm³/mol. The van der Waals surface area contributed by atoms with Crippen molar-refractivity contribution >= 4 is 11.9 Å². The zero-order valence-corrected chi connectivity index (χ0v) is 14.0. The van der Waals surface area contributed by atoms with Crippen LogP contribution in [-0.4, -0.2) is 49.5 Å². The maximum Gasteiger partial charge on any atom is 0.358 e. The number of nitrogens with zero attached hydrogens (tertiary/aromatic N) is 4. The fraction of sp³-hybridized carbons (Fsp3) is 0.444. The van der Waals surface area contributed by atoms with Gasteiger partial charge in [-0.05, 0) is 24.8 Å². The van der Waals surface area contributed by atoms with Gasteiger partial charge >= 0.3 is 5.97 Å². The minimum atomic E-state index is -1.14. The summed E-state index contributed by atoms with van der Waals surface area (Å²) in [5.74, 6) is -1.18. The Morgan fingerprint density at radius 3 is 2.56 bits per heavy atom. The highest BCUT2D eigenvalue weighted by Gasteiger charge is 2.26. The second kappa shape index (κ2) is 7.92. The molecule has 132 valence electrons. The van der Waals surface area contributed by atoms with Crippen molar-refractivity contribution in [3.63, 3.8) is 0 Å². The van der Waals surface area contributed by atoms with Gasteiger partial charge in [0.25, 0.3) is 0 Å². The Labute approximate surface area is 146 Å². The fourth-order valence-corrected chi connectivity index (χ4v) is 3.32. The molecule has 7 nitrogen and oxygen atoms in total. The molecule has 1 heterocycles. The van der Waals surface area contributed by atoms with Gasteiger partial charge in [0, 0.05) is 12.6 Å². The quantitative estimate of drug-likeness (QED) is 0.831. The molecule has 0 saturated heterocycles. The zero-order chi connectivity index (χ0) is 17.6. The second-order valence-corrected chi connectivity index (χ2v) is 6.37. The predicted octanol–water partition coefficient (Wildman–Crippen LogP) is 1.99. The molecule has 1 aromatic heterocycles. The number of benzene rings is 1. The first kappa shape index (κ1) is 17.1. The number of hydrogen-bond donors (Lipinski definition) is 1. The van der Waals surface area contributed by atoms with Crippen molar-refractivity contribution in [2.75, 3.05) is 6.54 Å². The van der Waals surface area contributed by atoms with Crippen LogP contribution in [0.25, 0.3) is 0 Å². The maximum absolute atomic E-state index is 12.8. The number of carbonyl (C=O) groups is 2. The lowest BCUT2D eigenvalue weighted by Gasteiger charge is -2.29. The van der Waals surface area contributed by atoms with Crippen LogP contribution in [0.5, 0.6) is 0 Å². The molecule has 1 aliphatic rings. The number of hydrogen-bond acceptors (Lipinski definition) is 4. The summed E-state index contributed by atoms with van der Waals surface area (Å²) in [6.07, 6.45) is 6.44. The highest BCUT2D eigenvalue weighted by Crippen LogP contribution is 2.24. The van der Waals surface area contributed by atoms with E-state index in [1.54, 1.807) is 0 Å². The van der Waals surface area contributed by atoms with E-state index in [0.717, 1.165) is 32.1 Å². The molecular formula is C18H22N4O3. The van der Waals surface area contributed by atoms with Crippen molar-refractivity contribution in [3.05, 3.63) is 47.8 Å². The summed E-state index contributed by atoms with van der Waals surface area (Å²) in [6, 6.07) is 10.4. The average Bonchev–Trinajstić information content (AvgIpc) is 3.28. The van der Waals surface area contributed by atoms with E-state index in [0.29, 0.717) is 6.54 Å². The molecule has 0 bridgehead atoms. The molecule has 2 aromatic rings. The summed E-state index contributed by atoms with van der Waals surface area (Å²) in [4.78, 5) is 25.6. The van der Waals surface area contributed by atoms with Crippen LogP contribution in [-0.2, 0) is 17.8 Å². The molecule has 1 N–H and O–H groups in total. The first-order valence-electron chi connectivity index (χ1n) is 8.60. The fourth-order valence-electron chi connectivity index (χ4n) is 3.32. The smallest absolute Gasteiger partial charge is 0.358 e. The number of carboxylic acids is 1. The molecule has 0 atom stereocenters. The molecular weight excluding hydrogens is 320 g/mol. The van der Waals surface area contributed by atoms with Gasteiger partial charge < -0.3 is 10.0 Å². The van der Waals surface area contributed by atoms with Gasteiger partial charge in [-0.3, -0.25) is 4.79 Å². The highest BCUT2D eigenvalue weighted by molar-refractivity contribution is 5.84. The van der Waals surface area contributed by atoms with E-state index >= 15 is 0 Å². The second-order valence-electron chi connectivity index (χ2n) is 6.37. The molecule has 3 rings (SSSR count). The maximum atomic E-state index is 12.8. The van der Waals surface area contributed by atoms with Gasteiger partial charge in [0.05, 0.1) is 6.20 Å². The summed E-state index contributed by atoms with van der Waals surface area (Å²) < 4.78 is 1.30. The standard InChI is InChI=1S/C18H22N4O3/c23-17(13-21-12-16(18(24)25)19-20-21)22(15-8-4-5-9-15)11-10-14-6-2-1-3-7-14/h1-3,6-7,12,15H,4-5,8-11,13H2,(H,24,25). The van der Waals surface area contributed by atoms with Crippen LogP contribution in [0, 0.1) is 0 Å². The first-order chi connectivity index (χ1) is 12.1. The van der Waals surface area contributed by atoms with Gasteiger partial charge in [0.15, 0.2) is 5.69 Å². The summed E-state index contributed by atoms with van der Waals surface area (Å²) >= 11 is 0. The van der Waals surface area contributed by atoms with Crippen molar-refractivity contribution in [2.45, 2.75) is 44.7 Å². The van der Waals surface area contributed by atoms with Gasteiger partial charge in [-0.25, -0.2) is 9.48 Å². The lowest BCUT2D eigenvalue weighted by atomic mass is 10.1. The Kier molecular flexibility index (Phi) is 5.42. The number of aromatic nitrogens is 3. The molecule has 7 heteroatoms. The number of carboxylic acid groups (broad SMARTS) is 1. The molecule has 1 amide bonds. The molecule has 0 radical (unpaired) electrons. The molecule has 1 fully saturated rings. The van der Waals surface area contributed by atoms with Crippen LogP contribution in [0.2, 0.25) is 0 Å². The van der Waals surface area contributed by atoms with Gasteiger partial charge in [-0.2, -0.15) is 0 Å².